The Bertz CT molecular complexity index is 191. The van der Waals surface area contributed by atoms with Crippen molar-refractivity contribution in [3.63, 3.8) is 0 Å². The summed E-state index contributed by atoms with van der Waals surface area (Å²) in [6.45, 7) is 3.04. The second kappa shape index (κ2) is 4.19. The zero-order chi connectivity index (χ0) is 10.0. The molecule has 0 amide bonds. The molecule has 0 bridgehead atoms. The van der Waals surface area contributed by atoms with E-state index in [1.54, 1.807) is 0 Å². The van der Waals surface area contributed by atoms with Crippen LogP contribution in [-0.2, 0) is 4.74 Å². The summed E-state index contributed by atoms with van der Waals surface area (Å²) in [5.41, 5.74) is 5.95. The third kappa shape index (κ3) is 2.12. The van der Waals surface area contributed by atoms with Gasteiger partial charge in [-0.2, -0.15) is 0 Å². The highest BCUT2D eigenvalue weighted by Crippen LogP contribution is 2.38. The first-order valence-electron chi connectivity index (χ1n) is 6.12. The molecule has 2 saturated carbocycles. The average molecular weight is 197 g/mol. The molecular formula is C12H23NO. The monoisotopic (exact) mass is 197 g/mol. The molecule has 82 valence electrons. The third-order valence-electron chi connectivity index (χ3n) is 3.89. The fourth-order valence-corrected chi connectivity index (χ4v) is 2.79. The highest BCUT2D eigenvalue weighted by atomic mass is 16.5. The first-order valence-corrected chi connectivity index (χ1v) is 6.12. The minimum atomic E-state index is 0.0444. The lowest BCUT2D eigenvalue weighted by molar-refractivity contribution is -0.139. The lowest BCUT2D eigenvalue weighted by Gasteiger charge is -2.43. The standard InChI is InChI=1S/C12H23NO/c1-10-4-3-7-12(8-10,9-13)14-11-5-2-6-11/h10-11H,2-9,13H2,1H3. The van der Waals surface area contributed by atoms with Crippen molar-refractivity contribution >= 4 is 0 Å². The van der Waals surface area contributed by atoms with Crippen LogP contribution in [0.3, 0.4) is 0 Å². The van der Waals surface area contributed by atoms with Gasteiger partial charge in [0.05, 0.1) is 11.7 Å². The summed E-state index contributed by atoms with van der Waals surface area (Å²) in [5.74, 6) is 0.798. The minimum Gasteiger partial charge on any atom is -0.370 e. The van der Waals surface area contributed by atoms with Gasteiger partial charge in [0.15, 0.2) is 0 Å². The summed E-state index contributed by atoms with van der Waals surface area (Å²) in [4.78, 5) is 0. The van der Waals surface area contributed by atoms with Crippen molar-refractivity contribution in [1.29, 1.82) is 0 Å². The van der Waals surface area contributed by atoms with Gasteiger partial charge >= 0.3 is 0 Å². The van der Waals surface area contributed by atoms with Crippen LogP contribution in [0.25, 0.3) is 0 Å². The zero-order valence-corrected chi connectivity index (χ0v) is 9.30. The SMILES string of the molecule is CC1CCCC(CN)(OC2CCC2)C1. The summed E-state index contributed by atoms with van der Waals surface area (Å²) in [7, 11) is 0. The van der Waals surface area contributed by atoms with Crippen LogP contribution in [0.5, 0.6) is 0 Å². The predicted molar refractivity (Wildman–Crippen MR) is 58.1 cm³/mol. The van der Waals surface area contributed by atoms with Gasteiger partial charge in [-0.3, -0.25) is 0 Å². The number of rotatable bonds is 3. The van der Waals surface area contributed by atoms with Crippen LogP contribution in [0.2, 0.25) is 0 Å². The van der Waals surface area contributed by atoms with Crippen molar-refractivity contribution in [2.75, 3.05) is 6.54 Å². The largest absolute Gasteiger partial charge is 0.370 e. The molecule has 0 saturated heterocycles. The Kier molecular flexibility index (Phi) is 3.13. The Morgan fingerprint density at radius 1 is 1.29 bits per heavy atom. The van der Waals surface area contributed by atoms with Gasteiger partial charge in [-0.25, -0.2) is 0 Å². The van der Waals surface area contributed by atoms with E-state index < -0.39 is 0 Å². The first-order chi connectivity index (χ1) is 6.74. The van der Waals surface area contributed by atoms with Crippen molar-refractivity contribution < 1.29 is 4.74 Å². The quantitative estimate of drug-likeness (QED) is 0.754. The van der Waals surface area contributed by atoms with Gasteiger partial charge in [0, 0.05) is 6.54 Å². The molecule has 2 N–H and O–H groups in total. The number of hydrogen-bond acceptors (Lipinski definition) is 2. The maximum atomic E-state index is 6.21. The second-order valence-corrected chi connectivity index (χ2v) is 5.26. The van der Waals surface area contributed by atoms with Gasteiger partial charge in [0.2, 0.25) is 0 Å². The first kappa shape index (κ1) is 10.4. The fourth-order valence-electron chi connectivity index (χ4n) is 2.79. The topological polar surface area (TPSA) is 35.2 Å². The molecule has 2 unspecified atom stereocenters. The van der Waals surface area contributed by atoms with E-state index in [0.717, 1.165) is 5.92 Å². The molecule has 2 rings (SSSR count). The number of ether oxygens (including phenoxy) is 1. The summed E-state index contributed by atoms with van der Waals surface area (Å²) in [5, 5.41) is 0. The molecular weight excluding hydrogens is 174 g/mol. The summed E-state index contributed by atoms with van der Waals surface area (Å²) < 4.78 is 6.21. The van der Waals surface area contributed by atoms with E-state index in [0.29, 0.717) is 12.6 Å². The fraction of sp³-hybridized carbons (Fsp3) is 1.00. The number of nitrogens with two attached hydrogens (primary N) is 1. The molecule has 14 heavy (non-hydrogen) atoms. The van der Waals surface area contributed by atoms with E-state index in [-0.39, 0.29) is 5.60 Å². The third-order valence-corrected chi connectivity index (χ3v) is 3.89. The molecule has 0 radical (unpaired) electrons. The van der Waals surface area contributed by atoms with E-state index in [1.165, 1.54) is 44.9 Å². The number of hydrogen-bond donors (Lipinski definition) is 1. The smallest absolute Gasteiger partial charge is 0.0810 e. The summed E-state index contributed by atoms with van der Waals surface area (Å²) >= 11 is 0. The maximum absolute atomic E-state index is 6.21. The lowest BCUT2D eigenvalue weighted by Crippen LogP contribution is -2.48. The van der Waals surface area contributed by atoms with Crippen molar-refractivity contribution in [2.24, 2.45) is 11.7 Å². The summed E-state index contributed by atoms with van der Waals surface area (Å²) in [6.07, 6.45) is 9.42. The molecule has 0 aliphatic heterocycles. The van der Waals surface area contributed by atoms with E-state index >= 15 is 0 Å². The molecule has 2 aliphatic carbocycles. The van der Waals surface area contributed by atoms with E-state index in [2.05, 4.69) is 6.92 Å². The van der Waals surface area contributed by atoms with Crippen molar-refractivity contribution in [2.45, 2.75) is 63.6 Å². The van der Waals surface area contributed by atoms with Crippen LogP contribution in [0.15, 0.2) is 0 Å². The van der Waals surface area contributed by atoms with Crippen LogP contribution in [0.4, 0.5) is 0 Å². The maximum Gasteiger partial charge on any atom is 0.0810 e. The van der Waals surface area contributed by atoms with Gasteiger partial charge in [0.25, 0.3) is 0 Å². The molecule has 0 aromatic carbocycles. The van der Waals surface area contributed by atoms with Gasteiger partial charge in [0.1, 0.15) is 0 Å². The lowest BCUT2D eigenvalue weighted by atomic mass is 9.78. The van der Waals surface area contributed by atoms with E-state index in [4.69, 9.17) is 10.5 Å². The van der Waals surface area contributed by atoms with Gasteiger partial charge in [-0.05, 0) is 38.0 Å². The molecule has 0 aromatic rings. The Balaban J connectivity index is 1.92. The van der Waals surface area contributed by atoms with Crippen molar-refractivity contribution in [3.8, 4) is 0 Å². The highest BCUT2D eigenvalue weighted by molar-refractivity contribution is 4.90. The average Bonchev–Trinajstić information content (AvgIpc) is 2.12. The zero-order valence-electron chi connectivity index (χ0n) is 9.30. The highest BCUT2D eigenvalue weighted by Gasteiger charge is 2.37. The molecule has 2 fully saturated rings. The molecule has 2 heteroatoms. The second-order valence-electron chi connectivity index (χ2n) is 5.26. The molecule has 0 heterocycles. The van der Waals surface area contributed by atoms with E-state index in [9.17, 15) is 0 Å². The van der Waals surface area contributed by atoms with Gasteiger partial charge < -0.3 is 10.5 Å². The molecule has 0 spiro atoms. The van der Waals surface area contributed by atoms with Crippen LogP contribution in [0, 0.1) is 5.92 Å². The van der Waals surface area contributed by atoms with Gasteiger partial charge in [-0.1, -0.05) is 19.8 Å². The normalized spacial score (nSPS) is 39.4. The van der Waals surface area contributed by atoms with Crippen LogP contribution >= 0.6 is 0 Å². The Hall–Kier alpha value is -0.0800. The predicted octanol–water partition coefficient (Wildman–Crippen LogP) is 2.46. The molecule has 2 aliphatic rings. The van der Waals surface area contributed by atoms with Crippen molar-refractivity contribution in [3.05, 3.63) is 0 Å². The molecule has 0 aromatic heterocycles. The van der Waals surface area contributed by atoms with Crippen LogP contribution in [0.1, 0.15) is 51.9 Å². The van der Waals surface area contributed by atoms with Gasteiger partial charge in [-0.15, -0.1) is 0 Å². The Morgan fingerprint density at radius 2 is 2.07 bits per heavy atom. The van der Waals surface area contributed by atoms with E-state index in [1.807, 2.05) is 0 Å². The van der Waals surface area contributed by atoms with Crippen LogP contribution < -0.4 is 5.73 Å². The minimum absolute atomic E-state index is 0.0444. The van der Waals surface area contributed by atoms with Crippen molar-refractivity contribution in [1.82, 2.24) is 0 Å². The molecule has 2 atom stereocenters. The molecule has 2 nitrogen and oxygen atoms in total. The Labute approximate surface area is 87.2 Å². The van der Waals surface area contributed by atoms with Crippen LogP contribution in [-0.4, -0.2) is 18.2 Å². The Morgan fingerprint density at radius 3 is 2.57 bits per heavy atom. The summed E-state index contributed by atoms with van der Waals surface area (Å²) in [6, 6.07) is 0.